The number of nitrogens with zero attached hydrogens (tertiary/aromatic N) is 2. The summed E-state index contributed by atoms with van der Waals surface area (Å²) in [7, 11) is 1.61. The second-order valence-electron chi connectivity index (χ2n) is 8.43. The molecule has 0 aromatic heterocycles. The normalized spacial score (nSPS) is 22.3. The van der Waals surface area contributed by atoms with Crippen LogP contribution in [-0.4, -0.2) is 23.7 Å². The van der Waals surface area contributed by atoms with E-state index in [4.69, 9.17) is 26.2 Å². The fourth-order valence-corrected chi connectivity index (χ4v) is 5.10. The van der Waals surface area contributed by atoms with Gasteiger partial charge in [0.1, 0.15) is 0 Å². The molecule has 1 amide bonds. The van der Waals surface area contributed by atoms with Gasteiger partial charge < -0.3 is 14.8 Å². The van der Waals surface area contributed by atoms with Crippen LogP contribution in [0.1, 0.15) is 41.6 Å². The van der Waals surface area contributed by atoms with Crippen LogP contribution in [0.25, 0.3) is 0 Å². The maximum Gasteiger partial charge on any atom is 0.306 e. The van der Waals surface area contributed by atoms with Gasteiger partial charge >= 0.3 is 5.72 Å². The smallest absolute Gasteiger partial charge is 0.306 e. The lowest BCUT2D eigenvalue weighted by Gasteiger charge is -2.44. The van der Waals surface area contributed by atoms with Crippen LogP contribution in [0.2, 0.25) is 5.02 Å². The molecule has 3 heterocycles. The van der Waals surface area contributed by atoms with E-state index in [2.05, 4.69) is 12.2 Å². The highest BCUT2D eigenvalue weighted by molar-refractivity contribution is 6.30. The Kier molecular flexibility index (Phi) is 4.42. The summed E-state index contributed by atoms with van der Waals surface area (Å²) in [6.07, 6.45) is 1.48. The Balaban J connectivity index is 1.59. The molecule has 0 saturated heterocycles. The number of hydrogen-bond donors (Lipinski definition) is 1. The summed E-state index contributed by atoms with van der Waals surface area (Å²) in [5.74, 6) is 0.923. The van der Waals surface area contributed by atoms with Gasteiger partial charge in [-0.2, -0.15) is 5.10 Å². The van der Waals surface area contributed by atoms with Gasteiger partial charge in [-0.1, -0.05) is 48.9 Å². The van der Waals surface area contributed by atoms with Crippen LogP contribution in [0.15, 0.2) is 65.8 Å². The van der Waals surface area contributed by atoms with E-state index < -0.39 is 5.72 Å². The van der Waals surface area contributed by atoms with E-state index >= 15 is 0 Å². The van der Waals surface area contributed by atoms with Crippen molar-refractivity contribution in [3.63, 3.8) is 0 Å². The molecule has 2 unspecified atom stereocenters. The number of rotatable bonds is 3. The lowest BCUT2D eigenvalue weighted by molar-refractivity contribution is -0.161. The molecular weight excluding hydrogens is 438 g/mol. The van der Waals surface area contributed by atoms with Gasteiger partial charge in [-0.15, -0.1) is 0 Å². The third-order valence-electron chi connectivity index (χ3n) is 6.66. The Morgan fingerprint density at radius 1 is 1.21 bits per heavy atom. The molecule has 1 spiro atoms. The summed E-state index contributed by atoms with van der Waals surface area (Å²) in [6.45, 7) is 2.09. The number of aryl methyl sites for hydroxylation is 1. The Labute approximate surface area is 196 Å². The molecule has 3 aromatic rings. The number of halogens is 1. The van der Waals surface area contributed by atoms with Crippen LogP contribution in [-0.2, 0) is 16.9 Å². The summed E-state index contributed by atoms with van der Waals surface area (Å²) in [6, 6.07) is 19.3. The van der Waals surface area contributed by atoms with Crippen LogP contribution in [0.5, 0.6) is 11.5 Å². The Morgan fingerprint density at radius 3 is 2.79 bits per heavy atom. The van der Waals surface area contributed by atoms with Gasteiger partial charge in [-0.05, 0) is 47.9 Å². The standard InChI is InChI=1S/C26H22ClN3O3/c1-3-15-7-12-20-19(13-15)26(25(31)28-20)30-22(18-5-4-6-23(32-2)24(18)33-26)14-21(29-30)16-8-10-17(27)11-9-16/h4-13,22H,3,14H2,1-2H3,(H,28,31). The Hall–Kier alpha value is -3.51. The molecule has 0 fully saturated rings. The number of carbonyl (C=O) groups is 1. The first-order valence-electron chi connectivity index (χ1n) is 11.0. The van der Waals surface area contributed by atoms with Crippen molar-refractivity contribution >= 4 is 28.9 Å². The number of amides is 1. The number of ether oxygens (including phenoxy) is 2. The number of anilines is 1. The van der Waals surface area contributed by atoms with E-state index in [-0.39, 0.29) is 11.9 Å². The maximum atomic E-state index is 13.6. The molecule has 3 aliphatic rings. The highest BCUT2D eigenvalue weighted by atomic mass is 35.5. The summed E-state index contributed by atoms with van der Waals surface area (Å²) in [5, 5.41) is 10.5. The molecule has 6 rings (SSSR count). The number of para-hydroxylation sites is 1. The van der Waals surface area contributed by atoms with E-state index in [1.54, 1.807) is 7.11 Å². The topological polar surface area (TPSA) is 63.2 Å². The second kappa shape index (κ2) is 7.25. The molecule has 6 nitrogen and oxygen atoms in total. The van der Waals surface area contributed by atoms with Crippen molar-refractivity contribution in [1.29, 1.82) is 0 Å². The average Bonchev–Trinajstić information content (AvgIpc) is 3.40. The quantitative estimate of drug-likeness (QED) is 0.580. The van der Waals surface area contributed by atoms with E-state index in [1.165, 1.54) is 0 Å². The molecule has 2 atom stereocenters. The van der Waals surface area contributed by atoms with E-state index in [0.29, 0.717) is 22.9 Å². The van der Waals surface area contributed by atoms with Crippen molar-refractivity contribution in [3.8, 4) is 11.5 Å². The van der Waals surface area contributed by atoms with E-state index in [9.17, 15) is 4.79 Å². The zero-order chi connectivity index (χ0) is 22.7. The minimum atomic E-state index is -1.42. The maximum absolute atomic E-state index is 13.6. The number of hydrogen-bond acceptors (Lipinski definition) is 5. The number of fused-ring (bicyclic) bond motifs is 6. The third kappa shape index (κ3) is 2.80. The molecule has 3 aliphatic heterocycles. The predicted molar refractivity (Wildman–Crippen MR) is 127 cm³/mol. The van der Waals surface area contributed by atoms with Gasteiger partial charge in [0.15, 0.2) is 11.5 Å². The van der Waals surface area contributed by atoms with Crippen molar-refractivity contribution in [1.82, 2.24) is 5.01 Å². The number of methoxy groups -OCH3 is 1. The van der Waals surface area contributed by atoms with Crippen molar-refractivity contribution in [3.05, 3.63) is 87.9 Å². The molecule has 1 N–H and O–H groups in total. The zero-order valence-electron chi connectivity index (χ0n) is 18.3. The zero-order valence-corrected chi connectivity index (χ0v) is 19.0. The Morgan fingerprint density at radius 2 is 2.03 bits per heavy atom. The van der Waals surface area contributed by atoms with Crippen molar-refractivity contribution in [2.24, 2.45) is 5.10 Å². The van der Waals surface area contributed by atoms with Gasteiger partial charge in [-0.3, -0.25) is 4.79 Å². The molecule has 166 valence electrons. The monoisotopic (exact) mass is 459 g/mol. The van der Waals surface area contributed by atoms with Crippen LogP contribution in [0, 0.1) is 0 Å². The van der Waals surface area contributed by atoms with Crippen molar-refractivity contribution in [2.45, 2.75) is 31.5 Å². The third-order valence-corrected chi connectivity index (χ3v) is 6.91. The summed E-state index contributed by atoms with van der Waals surface area (Å²) >= 11 is 6.11. The van der Waals surface area contributed by atoms with Gasteiger partial charge in [0.2, 0.25) is 0 Å². The van der Waals surface area contributed by atoms with E-state index in [0.717, 1.165) is 40.1 Å². The largest absolute Gasteiger partial charge is 0.493 e. The first kappa shape index (κ1) is 20.1. The molecule has 3 aromatic carbocycles. The lowest BCUT2D eigenvalue weighted by atomic mass is 9.91. The fraction of sp³-hybridized carbons (Fsp3) is 0.231. The van der Waals surface area contributed by atoms with Crippen LogP contribution in [0.3, 0.4) is 0 Å². The summed E-state index contributed by atoms with van der Waals surface area (Å²) in [5.41, 5.74) is 4.01. The number of benzene rings is 3. The number of carbonyl (C=O) groups excluding carboxylic acids is 1. The van der Waals surface area contributed by atoms with Gasteiger partial charge in [0.05, 0.1) is 30.1 Å². The van der Waals surface area contributed by atoms with Gasteiger partial charge in [-0.25, -0.2) is 5.01 Å². The van der Waals surface area contributed by atoms with Crippen LogP contribution >= 0.6 is 11.6 Å². The van der Waals surface area contributed by atoms with Crippen LogP contribution in [0.4, 0.5) is 5.69 Å². The molecular formula is C26H22ClN3O3. The summed E-state index contributed by atoms with van der Waals surface area (Å²) in [4.78, 5) is 13.6. The SMILES string of the molecule is CCc1ccc2c(c1)C1(Oc3c(OC)cccc3C3CC(c4ccc(Cl)cc4)=NN31)C(=O)N2. The van der Waals surface area contributed by atoms with E-state index in [1.807, 2.05) is 65.7 Å². The van der Waals surface area contributed by atoms with Gasteiger partial charge in [0, 0.05) is 17.0 Å². The molecule has 0 radical (unpaired) electrons. The number of nitrogens with one attached hydrogen (secondary N) is 1. The lowest BCUT2D eigenvalue weighted by Crippen LogP contribution is -2.55. The molecule has 7 heteroatoms. The van der Waals surface area contributed by atoms with Crippen molar-refractivity contribution < 1.29 is 14.3 Å². The minimum Gasteiger partial charge on any atom is -0.493 e. The second-order valence-corrected chi connectivity index (χ2v) is 8.87. The first-order chi connectivity index (χ1) is 16.0. The molecule has 33 heavy (non-hydrogen) atoms. The Bertz CT molecular complexity index is 1320. The first-order valence-corrected chi connectivity index (χ1v) is 11.4. The fourth-order valence-electron chi connectivity index (χ4n) is 4.98. The highest BCUT2D eigenvalue weighted by Crippen LogP contribution is 2.56. The molecule has 0 saturated carbocycles. The van der Waals surface area contributed by atoms with Gasteiger partial charge in [0.25, 0.3) is 5.91 Å². The van der Waals surface area contributed by atoms with Crippen LogP contribution < -0.4 is 14.8 Å². The van der Waals surface area contributed by atoms with Crippen molar-refractivity contribution in [2.75, 3.05) is 12.4 Å². The average molecular weight is 460 g/mol. The highest BCUT2D eigenvalue weighted by Gasteiger charge is 2.61. The minimum absolute atomic E-state index is 0.184. The number of hydrazone groups is 1. The predicted octanol–water partition coefficient (Wildman–Crippen LogP) is 5.26. The summed E-state index contributed by atoms with van der Waals surface area (Å²) < 4.78 is 12.2. The molecule has 0 aliphatic carbocycles. The molecule has 0 bridgehead atoms.